The highest BCUT2D eigenvalue weighted by Gasteiger charge is 2.29. The van der Waals surface area contributed by atoms with Crippen molar-refractivity contribution in [3.63, 3.8) is 0 Å². The van der Waals surface area contributed by atoms with Crippen LogP contribution < -0.4 is 0 Å². The van der Waals surface area contributed by atoms with Crippen molar-refractivity contribution in [2.45, 2.75) is 128 Å². The number of halogens is 1. The van der Waals surface area contributed by atoms with E-state index in [1.165, 1.54) is 69.2 Å². The van der Waals surface area contributed by atoms with E-state index in [9.17, 15) is 9.59 Å². The summed E-state index contributed by atoms with van der Waals surface area (Å²) in [6, 6.07) is 0.915. The Balaban J connectivity index is 0.000000156. The molecule has 0 N–H and O–H groups in total. The summed E-state index contributed by atoms with van der Waals surface area (Å²) >= 11 is 5.68. The molecule has 0 aromatic carbocycles. The number of fused-ring (bicyclic) bond motifs is 2. The first-order chi connectivity index (χ1) is 18.6. The fraction of sp³-hybridized carbons (Fsp3) is 0.714. The Morgan fingerprint density at radius 3 is 1.63 bits per heavy atom. The van der Waals surface area contributed by atoms with E-state index in [4.69, 9.17) is 17.1 Å². The molecule has 9 nitrogen and oxygen atoms in total. The Morgan fingerprint density at radius 2 is 1.16 bits per heavy atom. The predicted molar refractivity (Wildman–Crippen MR) is 146 cm³/mol. The molecule has 4 aliphatic rings. The van der Waals surface area contributed by atoms with Crippen LogP contribution in [-0.4, -0.2) is 30.7 Å². The summed E-state index contributed by atoms with van der Waals surface area (Å²) in [6.07, 6.45) is 20.8. The van der Waals surface area contributed by atoms with E-state index in [-0.39, 0.29) is 5.24 Å². The molecule has 204 valence electrons. The molecule has 6 rings (SSSR count). The van der Waals surface area contributed by atoms with Gasteiger partial charge in [0.2, 0.25) is 0 Å². The van der Waals surface area contributed by atoms with E-state index in [1.54, 1.807) is 0 Å². The molecule has 2 aromatic heterocycles. The lowest BCUT2D eigenvalue weighted by Crippen LogP contribution is -2.18. The first kappa shape index (κ1) is 26.9. The Kier molecular flexibility index (Phi) is 8.85. The summed E-state index contributed by atoms with van der Waals surface area (Å²) in [5.74, 6) is -0.528. The van der Waals surface area contributed by atoms with E-state index in [2.05, 4.69) is 29.6 Å². The SMILES string of the molecule is O=C(Cl)c1nn(C2CCCCC2)c2c1CCCC2.[N-]=[N+]=NC(=O)c1nn(C2CCCCC2)c2c1CCCC2. The van der Waals surface area contributed by atoms with E-state index >= 15 is 0 Å². The van der Waals surface area contributed by atoms with Gasteiger partial charge < -0.3 is 0 Å². The van der Waals surface area contributed by atoms with Crippen LogP contribution in [0.15, 0.2) is 5.11 Å². The van der Waals surface area contributed by atoms with Gasteiger partial charge in [-0.3, -0.25) is 19.0 Å². The predicted octanol–water partition coefficient (Wildman–Crippen LogP) is 7.36. The molecule has 0 radical (unpaired) electrons. The minimum atomic E-state index is -0.528. The quantitative estimate of drug-likeness (QED) is 0.174. The van der Waals surface area contributed by atoms with Gasteiger partial charge in [0.25, 0.3) is 11.1 Å². The lowest BCUT2D eigenvalue weighted by Gasteiger charge is -2.25. The number of azide groups is 1. The molecule has 2 saturated carbocycles. The molecule has 2 aromatic rings. The smallest absolute Gasteiger partial charge is 0.273 e. The van der Waals surface area contributed by atoms with Crippen molar-refractivity contribution in [2.75, 3.05) is 0 Å². The number of carbonyl (C=O) groups is 2. The van der Waals surface area contributed by atoms with E-state index in [0.717, 1.165) is 68.9 Å². The lowest BCUT2D eigenvalue weighted by molar-refractivity contribution is 0.0992. The van der Waals surface area contributed by atoms with Crippen molar-refractivity contribution >= 4 is 22.8 Å². The summed E-state index contributed by atoms with van der Waals surface area (Å²) in [5.41, 5.74) is 14.0. The molecule has 4 aliphatic carbocycles. The zero-order valence-electron chi connectivity index (χ0n) is 22.2. The van der Waals surface area contributed by atoms with Gasteiger partial charge >= 0.3 is 0 Å². The van der Waals surface area contributed by atoms with Crippen LogP contribution in [0.25, 0.3) is 10.4 Å². The maximum absolute atomic E-state index is 11.9. The van der Waals surface area contributed by atoms with E-state index in [0.29, 0.717) is 23.5 Å². The van der Waals surface area contributed by atoms with Crippen LogP contribution in [0.4, 0.5) is 0 Å². The first-order valence-electron chi connectivity index (χ1n) is 14.6. The van der Waals surface area contributed by atoms with Gasteiger partial charge in [0.1, 0.15) is 11.4 Å². The fourth-order valence-electron chi connectivity index (χ4n) is 6.92. The minimum absolute atomic E-state index is 0.386. The van der Waals surface area contributed by atoms with E-state index < -0.39 is 5.91 Å². The lowest BCUT2D eigenvalue weighted by atomic mass is 9.92. The van der Waals surface area contributed by atoms with Gasteiger partial charge in [-0.1, -0.05) is 38.5 Å². The molecule has 2 fully saturated rings. The topological polar surface area (TPSA) is 119 Å². The van der Waals surface area contributed by atoms with Crippen LogP contribution in [0.3, 0.4) is 0 Å². The second-order valence-electron chi connectivity index (χ2n) is 11.2. The zero-order valence-corrected chi connectivity index (χ0v) is 23.0. The minimum Gasteiger partial charge on any atom is -0.285 e. The highest BCUT2D eigenvalue weighted by molar-refractivity contribution is 6.67. The summed E-state index contributed by atoms with van der Waals surface area (Å²) in [7, 11) is 0. The van der Waals surface area contributed by atoms with Crippen LogP contribution >= 0.6 is 11.6 Å². The zero-order chi connectivity index (χ0) is 26.5. The molecule has 38 heavy (non-hydrogen) atoms. The Hall–Kier alpha value is -2.64. The third-order valence-corrected chi connectivity index (χ3v) is 8.96. The van der Waals surface area contributed by atoms with Crippen molar-refractivity contribution in [2.24, 2.45) is 5.11 Å². The molecule has 1 amide bonds. The molecule has 0 spiro atoms. The number of hydrogen-bond donors (Lipinski definition) is 0. The van der Waals surface area contributed by atoms with Crippen LogP contribution in [0.5, 0.6) is 0 Å². The third kappa shape index (κ3) is 5.69. The average molecular weight is 540 g/mol. The number of rotatable bonds is 4. The second kappa shape index (κ2) is 12.5. The number of aromatic nitrogens is 4. The standard InChI is InChI=1S/C14H19ClN2O.C14H19N5O/c15-14(18)13-11-8-4-5-9-12(11)17(16-13)10-6-2-1-3-7-10;15-18-16-14(20)13-11-8-4-5-9-12(11)19(17-13)10-6-2-1-3-7-10/h10H,1-9H2;10H,1-9H2. The number of carbonyl (C=O) groups excluding carboxylic acids is 2. The molecule has 10 heteroatoms. The Labute approximate surface area is 228 Å². The Bertz CT molecular complexity index is 1210. The van der Waals surface area contributed by atoms with Crippen LogP contribution in [-0.2, 0) is 25.7 Å². The molecule has 0 bridgehead atoms. The molecular formula is C28H38ClN7O2. The van der Waals surface area contributed by atoms with Gasteiger partial charge in [-0.2, -0.15) is 10.2 Å². The van der Waals surface area contributed by atoms with Crippen molar-refractivity contribution in [1.82, 2.24) is 19.6 Å². The largest absolute Gasteiger partial charge is 0.285 e. The van der Waals surface area contributed by atoms with Gasteiger partial charge in [-0.05, 0) is 99.3 Å². The average Bonchev–Trinajstić information content (AvgIpc) is 3.54. The second-order valence-corrected chi connectivity index (χ2v) is 11.5. The number of hydrogen-bond acceptors (Lipinski definition) is 4. The summed E-state index contributed by atoms with van der Waals surface area (Å²) < 4.78 is 4.22. The van der Waals surface area contributed by atoms with E-state index in [1.807, 2.05) is 0 Å². The molecule has 0 unspecified atom stereocenters. The van der Waals surface area contributed by atoms with Gasteiger partial charge in [0.15, 0.2) is 0 Å². The summed E-state index contributed by atoms with van der Waals surface area (Å²) in [6.45, 7) is 0. The number of nitrogens with zero attached hydrogens (tertiary/aromatic N) is 7. The molecule has 0 saturated heterocycles. The Morgan fingerprint density at radius 1 is 0.711 bits per heavy atom. The van der Waals surface area contributed by atoms with Gasteiger partial charge in [0.05, 0.1) is 12.1 Å². The van der Waals surface area contributed by atoms with Crippen molar-refractivity contribution in [3.8, 4) is 0 Å². The molecule has 0 aliphatic heterocycles. The van der Waals surface area contributed by atoms with Crippen molar-refractivity contribution < 1.29 is 9.59 Å². The van der Waals surface area contributed by atoms with Crippen LogP contribution in [0.1, 0.15) is 145 Å². The van der Waals surface area contributed by atoms with Crippen molar-refractivity contribution in [1.29, 1.82) is 0 Å². The maximum atomic E-state index is 11.9. The maximum Gasteiger partial charge on any atom is 0.273 e. The summed E-state index contributed by atoms with van der Waals surface area (Å²) in [4.78, 5) is 26.0. The highest BCUT2D eigenvalue weighted by Crippen LogP contribution is 2.35. The van der Waals surface area contributed by atoms with Gasteiger partial charge in [-0.15, -0.1) is 0 Å². The normalized spacial score (nSPS) is 19.9. The highest BCUT2D eigenvalue weighted by atomic mass is 35.5. The number of amides is 1. The van der Waals surface area contributed by atoms with Gasteiger partial charge in [-0.25, -0.2) is 0 Å². The molecule has 0 atom stereocenters. The molecule has 2 heterocycles. The van der Waals surface area contributed by atoms with Crippen LogP contribution in [0.2, 0.25) is 0 Å². The van der Waals surface area contributed by atoms with Gasteiger partial charge in [0, 0.05) is 27.4 Å². The monoisotopic (exact) mass is 539 g/mol. The van der Waals surface area contributed by atoms with Crippen LogP contribution in [0, 0.1) is 0 Å². The fourth-order valence-corrected chi connectivity index (χ4v) is 7.08. The third-order valence-electron chi connectivity index (χ3n) is 8.78. The molecular weight excluding hydrogens is 502 g/mol. The summed E-state index contributed by atoms with van der Waals surface area (Å²) in [5, 5.41) is 11.9. The first-order valence-corrected chi connectivity index (χ1v) is 15.0. The van der Waals surface area contributed by atoms with Crippen molar-refractivity contribution in [3.05, 3.63) is 44.3 Å².